The smallest absolute Gasteiger partial charge is 0.0577 e. The molecule has 0 radical (unpaired) electrons. The fourth-order valence-electron chi connectivity index (χ4n) is 3.00. The van der Waals surface area contributed by atoms with Crippen LogP contribution in [0.5, 0.6) is 0 Å². The molecule has 4 unspecified atom stereocenters. The van der Waals surface area contributed by atoms with Gasteiger partial charge in [0.05, 0.1) is 6.10 Å². The Morgan fingerprint density at radius 2 is 1.85 bits per heavy atom. The first-order chi connectivity index (χ1) is 6.38. The average Bonchev–Trinajstić information content (AvgIpc) is 2.80. The highest BCUT2D eigenvalue weighted by Gasteiger charge is 2.57. The molecule has 1 N–H and O–H groups in total. The summed E-state index contributed by atoms with van der Waals surface area (Å²) in [5.74, 6) is 2.05. The zero-order valence-corrected chi connectivity index (χ0v) is 7.56. The topological polar surface area (TPSA) is 20.2 Å². The van der Waals surface area contributed by atoms with Crippen molar-refractivity contribution < 1.29 is 5.11 Å². The minimum atomic E-state index is -0.0183. The third kappa shape index (κ3) is 1.03. The fraction of sp³-hybridized carbons (Fsp3) is 0.500. The zero-order chi connectivity index (χ0) is 8.84. The summed E-state index contributed by atoms with van der Waals surface area (Å²) in [6.45, 7) is 0. The van der Waals surface area contributed by atoms with Gasteiger partial charge in [-0.15, -0.1) is 0 Å². The Hall–Kier alpha value is -0.820. The highest BCUT2D eigenvalue weighted by molar-refractivity contribution is 5.30. The van der Waals surface area contributed by atoms with Gasteiger partial charge in [0.25, 0.3) is 0 Å². The van der Waals surface area contributed by atoms with Gasteiger partial charge in [-0.25, -0.2) is 0 Å². The highest BCUT2D eigenvalue weighted by atomic mass is 16.3. The molecule has 2 saturated carbocycles. The first-order valence-corrected chi connectivity index (χ1v) is 5.11. The summed E-state index contributed by atoms with van der Waals surface area (Å²) in [5, 5.41) is 9.67. The van der Waals surface area contributed by atoms with E-state index >= 15 is 0 Å². The number of aliphatic hydroxyl groups is 1. The molecule has 3 rings (SSSR count). The first-order valence-electron chi connectivity index (χ1n) is 5.11. The van der Waals surface area contributed by atoms with E-state index in [0.29, 0.717) is 11.8 Å². The molecule has 0 bridgehead atoms. The summed E-state index contributed by atoms with van der Waals surface area (Å²) in [5.41, 5.74) is 1.43. The summed E-state index contributed by atoms with van der Waals surface area (Å²) in [6.07, 6.45) is 2.24. The minimum absolute atomic E-state index is 0.0183. The Kier molecular flexibility index (Phi) is 1.50. The van der Waals surface area contributed by atoms with Crippen molar-refractivity contribution in [3.05, 3.63) is 35.9 Å². The lowest BCUT2D eigenvalue weighted by Crippen LogP contribution is -2.06. The molecule has 0 aromatic heterocycles. The SMILES string of the molecule is OC1CCC2C(c3ccccc3)C12. The van der Waals surface area contributed by atoms with Crippen molar-refractivity contribution in [3.8, 4) is 0 Å². The van der Waals surface area contributed by atoms with Gasteiger partial charge in [0, 0.05) is 0 Å². The second-order valence-electron chi connectivity index (χ2n) is 4.32. The monoisotopic (exact) mass is 174 g/mol. The third-order valence-corrected chi connectivity index (χ3v) is 3.65. The molecule has 0 amide bonds. The molecular weight excluding hydrogens is 160 g/mol. The van der Waals surface area contributed by atoms with Crippen molar-refractivity contribution in [2.75, 3.05) is 0 Å². The Bertz CT molecular complexity index is 306. The van der Waals surface area contributed by atoms with Gasteiger partial charge in [0.2, 0.25) is 0 Å². The lowest BCUT2D eigenvalue weighted by molar-refractivity contribution is 0.156. The van der Waals surface area contributed by atoms with Crippen LogP contribution in [0, 0.1) is 11.8 Å². The van der Waals surface area contributed by atoms with Gasteiger partial charge in [0.15, 0.2) is 0 Å². The molecule has 68 valence electrons. The molecule has 0 heterocycles. The quantitative estimate of drug-likeness (QED) is 0.691. The number of fused-ring (bicyclic) bond motifs is 1. The summed E-state index contributed by atoms with van der Waals surface area (Å²) in [7, 11) is 0. The molecule has 2 aliphatic rings. The van der Waals surface area contributed by atoms with Crippen molar-refractivity contribution in [1.29, 1.82) is 0 Å². The van der Waals surface area contributed by atoms with Crippen molar-refractivity contribution in [2.24, 2.45) is 11.8 Å². The van der Waals surface area contributed by atoms with Crippen molar-refractivity contribution >= 4 is 0 Å². The zero-order valence-electron chi connectivity index (χ0n) is 7.56. The number of aliphatic hydroxyl groups excluding tert-OH is 1. The Balaban J connectivity index is 1.84. The van der Waals surface area contributed by atoms with Gasteiger partial charge in [-0.1, -0.05) is 30.3 Å². The fourth-order valence-corrected chi connectivity index (χ4v) is 3.00. The van der Waals surface area contributed by atoms with Crippen LogP contribution >= 0.6 is 0 Å². The van der Waals surface area contributed by atoms with Crippen LogP contribution < -0.4 is 0 Å². The van der Waals surface area contributed by atoms with Crippen molar-refractivity contribution in [3.63, 3.8) is 0 Å². The van der Waals surface area contributed by atoms with Crippen LogP contribution in [0.15, 0.2) is 30.3 Å². The van der Waals surface area contributed by atoms with E-state index in [-0.39, 0.29) is 6.10 Å². The van der Waals surface area contributed by atoms with Crippen LogP contribution in [0.2, 0.25) is 0 Å². The molecule has 1 nitrogen and oxygen atoms in total. The molecule has 1 aromatic carbocycles. The molecule has 1 heteroatoms. The Morgan fingerprint density at radius 1 is 1.08 bits per heavy atom. The maximum absolute atomic E-state index is 9.67. The van der Waals surface area contributed by atoms with Crippen LogP contribution in [0.25, 0.3) is 0 Å². The second-order valence-corrected chi connectivity index (χ2v) is 4.32. The van der Waals surface area contributed by atoms with E-state index in [1.165, 1.54) is 12.0 Å². The molecule has 4 atom stereocenters. The first kappa shape index (κ1) is 7.57. The van der Waals surface area contributed by atoms with Crippen LogP contribution in [0.3, 0.4) is 0 Å². The largest absolute Gasteiger partial charge is 0.393 e. The predicted octanol–water partition coefficient (Wildman–Crippen LogP) is 2.17. The third-order valence-electron chi connectivity index (χ3n) is 3.65. The molecular formula is C12H14O. The normalized spacial score (nSPS) is 41.6. The lowest BCUT2D eigenvalue weighted by Gasteiger charge is -2.07. The molecule has 13 heavy (non-hydrogen) atoms. The molecule has 1 aromatic rings. The number of hydrogen-bond acceptors (Lipinski definition) is 1. The van der Waals surface area contributed by atoms with Crippen molar-refractivity contribution in [2.45, 2.75) is 24.9 Å². The Labute approximate surface area is 78.4 Å². The van der Waals surface area contributed by atoms with E-state index in [4.69, 9.17) is 0 Å². The van der Waals surface area contributed by atoms with Gasteiger partial charge < -0.3 is 5.11 Å². The maximum atomic E-state index is 9.67. The molecule has 0 saturated heterocycles. The van der Waals surface area contributed by atoms with Crippen LogP contribution in [-0.4, -0.2) is 11.2 Å². The molecule has 2 fully saturated rings. The van der Waals surface area contributed by atoms with Gasteiger partial charge in [0.1, 0.15) is 0 Å². The maximum Gasteiger partial charge on any atom is 0.0577 e. The predicted molar refractivity (Wildman–Crippen MR) is 51.4 cm³/mol. The second kappa shape index (κ2) is 2.58. The standard InChI is InChI=1S/C12H14O/c13-10-7-6-9-11(12(9)10)8-4-2-1-3-5-8/h1-5,9-13H,6-7H2. The summed E-state index contributed by atoms with van der Waals surface area (Å²) in [6, 6.07) is 10.6. The Morgan fingerprint density at radius 3 is 2.46 bits per heavy atom. The summed E-state index contributed by atoms with van der Waals surface area (Å²) in [4.78, 5) is 0. The summed E-state index contributed by atoms with van der Waals surface area (Å²) >= 11 is 0. The van der Waals surface area contributed by atoms with E-state index in [1.807, 2.05) is 0 Å². The lowest BCUT2D eigenvalue weighted by atomic mass is 10.0. The summed E-state index contributed by atoms with van der Waals surface area (Å²) < 4.78 is 0. The number of rotatable bonds is 1. The van der Waals surface area contributed by atoms with E-state index < -0.39 is 0 Å². The van der Waals surface area contributed by atoms with E-state index in [2.05, 4.69) is 30.3 Å². The number of hydrogen-bond donors (Lipinski definition) is 1. The van der Waals surface area contributed by atoms with Crippen LogP contribution in [0.4, 0.5) is 0 Å². The average molecular weight is 174 g/mol. The van der Waals surface area contributed by atoms with E-state index in [1.54, 1.807) is 0 Å². The molecule has 2 aliphatic carbocycles. The minimum Gasteiger partial charge on any atom is -0.393 e. The van der Waals surface area contributed by atoms with Gasteiger partial charge in [-0.05, 0) is 36.2 Å². The van der Waals surface area contributed by atoms with E-state index in [0.717, 1.165) is 12.3 Å². The van der Waals surface area contributed by atoms with E-state index in [9.17, 15) is 5.11 Å². The van der Waals surface area contributed by atoms with Gasteiger partial charge in [-0.3, -0.25) is 0 Å². The molecule has 0 aliphatic heterocycles. The number of benzene rings is 1. The van der Waals surface area contributed by atoms with Crippen LogP contribution in [0.1, 0.15) is 24.3 Å². The highest BCUT2D eigenvalue weighted by Crippen LogP contribution is 2.62. The van der Waals surface area contributed by atoms with Gasteiger partial charge in [-0.2, -0.15) is 0 Å². The van der Waals surface area contributed by atoms with Gasteiger partial charge >= 0.3 is 0 Å². The van der Waals surface area contributed by atoms with Crippen LogP contribution in [-0.2, 0) is 0 Å². The van der Waals surface area contributed by atoms with Crippen molar-refractivity contribution in [1.82, 2.24) is 0 Å². The molecule has 0 spiro atoms.